The van der Waals surface area contributed by atoms with Crippen molar-refractivity contribution < 1.29 is 0 Å². The van der Waals surface area contributed by atoms with Gasteiger partial charge < -0.3 is 5.32 Å². The number of halogens is 1. The van der Waals surface area contributed by atoms with Crippen LogP contribution in [0.25, 0.3) is 0 Å². The fourth-order valence-electron chi connectivity index (χ4n) is 2.53. The molecule has 0 amide bonds. The van der Waals surface area contributed by atoms with Gasteiger partial charge in [0.1, 0.15) is 0 Å². The third kappa shape index (κ3) is 3.13. The molecule has 0 bridgehead atoms. The molecular weight excluding hydrogens is 314 g/mol. The highest BCUT2D eigenvalue weighted by Crippen LogP contribution is 2.26. The molecule has 0 radical (unpaired) electrons. The van der Waals surface area contributed by atoms with Crippen LogP contribution in [0.15, 0.2) is 28.7 Å². The third-order valence-electron chi connectivity index (χ3n) is 3.64. The normalized spacial score (nSPS) is 12.7. The number of nitrogens with one attached hydrogen (secondary N) is 1. The Balaban J connectivity index is 2.31. The minimum atomic E-state index is 0.299. The molecule has 1 atom stereocenters. The Bertz CT molecular complexity index is 589. The summed E-state index contributed by atoms with van der Waals surface area (Å²) >= 11 is 3.68. The maximum absolute atomic E-state index is 4.57. The zero-order valence-electron chi connectivity index (χ0n) is 12.6. The molecule has 1 heterocycles. The van der Waals surface area contributed by atoms with E-state index in [-0.39, 0.29) is 0 Å². The molecule has 1 unspecified atom stereocenters. The summed E-state index contributed by atoms with van der Waals surface area (Å²) in [5, 5.41) is 7.99. The van der Waals surface area contributed by atoms with Gasteiger partial charge in [0.2, 0.25) is 0 Å². The predicted molar refractivity (Wildman–Crippen MR) is 87.0 cm³/mol. The maximum Gasteiger partial charge on any atom is 0.0738 e. The zero-order chi connectivity index (χ0) is 14.7. The van der Waals surface area contributed by atoms with Crippen molar-refractivity contribution in [1.82, 2.24) is 15.1 Å². The predicted octanol–water partition coefficient (Wildman–Crippen LogP) is 3.79. The van der Waals surface area contributed by atoms with E-state index >= 15 is 0 Å². The Hall–Kier alpha value is -1.13. The summed E-state index contributed by atoms with van der Waals surface area (Å²) in [5.41, 5.74) is 4.93. The van der Waals surface area contributed by atoms with Crippen LogP contribution in [0.1, 0.15) is 35.5 Å². The van der Waals surface area contributed by atoms with Gasteiger partial charge in [-0.05, 0) is 49.3 Å². The number of nitrogens with zero attached hydrogens (tertiary/aromatic N) is 2. The Morgan fingerprint density at radius 2 is 2.10 bits per heavy atom. The minimum Gasteiger partial charge on any atom is -0.313 e. The van der Waals surface area contributed by atoms with Gasteiger partial charge in [-0.1, -0.05) is 29.8 Å². The van der Waals surface area contributed by atoms with E-state index in [1.54, 1.807) is 0 Å². The van der Waals surface area contributed by atoms with E-state index in [1.165, 1.54) is 16.8 Å². The van der Waals surface area contributed by atoms with E-state index in [9.17, 15) is 0 Å². The Morgan fingerprint density at radius 1 is 1.35 bits per heavy atom. The lowest BCUT2D eigenvalue weighted by Crippen LogP contribution is -2.20. The minimum absolute atomic E-state index is 0.299. The number of hydrogen-bond acceptors (Lipinski definition) is 2. The number of aryl methyl sites for hydroxylation is 3. The quantitative estimate of drug-likeness (QED) is 0.900. The van der Waals surface area contributed by atoms with E-state index < -0.39 is 0 Å². The Morgan fingerprint density at radius 3 is 2.70 bits per heavy atom. The highest BCUT2D eigenvalue weighted by atomic mass is 79.9. The second kappa shape index (κ2) is 6.55. The van der Waals surface area contributed by atoms with Crippen molar-refractivity contribution in [3.05, 3.63) is 51.3 Å². The van der Waals surface area contributed by atoms with Crippen LogP contribution >= 0.6 is 15.9 Å². The lowest BCUT2D eigenvalue weighted by Gasteiger charge is -2.18. The van der Waals surface area contributed by atoms with Gasteiger partial charge in [0, 0.05) is 19.0 Å². The van der Waals surface area contributed by atoms with Crippen LogP contribution < -0.4 is 5.32 Å². The molecule has 3 nitrogen and oxygen atoms in total. The van der Waals surface area contributed by atoms with Gasteiger partial charge in [0.05, 0.1) is 15.9 Å². The van der Waals surface area contributed by atoms with Crippen molar-refractivity contribution >= 4 is 15.9 Å². The van der Waals surface area contributed by atoms with Gasteiger partial charge in [0.25, 0.3) is 0 Å². The first kappa shape index (κ1) is 15.3. The van der Waals surface area contributed by atoms with Crippen molar-refractivity contribution in [3.63, 3.8) is 0 Å². The summed E-state index contributed by atoms with van der Waals surface area (Å²) in [5.74, 6) is 0. The molecule has 0 saturated heterocycles. The van der Waals surface area contributed by atoms with Gasteiger partial charge in [-0.25, -0.2) is 0 Å². The van der Waals surface area contributed by atoms with Crippen LogP contribution in [0, 0.1) is 13.8 Å². The van der Waals surface area contributed by atoms with Gasteiger partial charge in [0.15, 0.2) is 0 Å². The van der Waals surface area contributed by atoms with Crippen molar-refractivity contribution in [1.29, 1.82) is 0 Å². The van der Waals surface area contributed by atoms with Crippen molar-refractivity contribution in [2.75, 3.05) is 7.05 Å². The summed E-state index contributed by atoms with van der Waals surface area (Å²) in [6, 6.07) is 8.97. The van der Waals surface area contributed by atoms with Crippen LogP contribution in [-0.4, -0.2) is 16.8 Å². The van der Waals surface area contributed by atoms with Crippen LogP contribution in [0.2, 0.25) is 0 Å². The zero-order valence-corrected chi connectivity index (χ0v) is 14.2. The van der Waals surface area contributed by atoms with E-state index in [1.807, 2.05) is 14.0 Å². The van der Waals surface area contributed by atoms with E-state index in [0.717, 1.165) is 23.1 Å². The summed E-state index contributed by atoms with van der Waals surface area (Å²) in [7, 11) is 2.01. The first-order valence-electron chi connectivity index (χ1n) is 7.02. The molecule has 0 aliphatic carbocycles. The first-order chi connectivity index (χ1) is 9.56. The van der Waals surface area contributed by atoms with Crippen LogP contribution in [-0.2, 0) is 13.0 Å². The molecule has 0 saturated carbocycles. The van der Waals surface area contributed by atoms with Gasteiger partial charge in [-0.3, -0.25) is 4.68 Å². The second-order valence-corrected chi connectivity index (χ2v) is 5.91. The molecule has 1 N–H and O–H groups in total. The van der Waals surface area contributed by atoms with Crippen LogP contribution in [0.3, 0.4) is 0 Å². The van der Waals surface area contributed by atoms with Gasteiger partial charge in [-0.15, -0.1) is 0 Å². The Labute approximate surface area is 129 Å². The number of rotatable bonds is 5. The fourth-order valence-corrected chi connectivity index (χ4v) is 2.98. The SMILES string of the molecule is CCn1nc(C)c(Br)c1CC(NC)c1cccc(C)c1. The van der Waals surface area contributed by atoms with Gasteiger partial charge >= 0.3 is 0 Å². The summed E-state index contributed by atoms with van der Waals surface area (Å²) in [4.78, 5) is 0. The highest BCUT2D eigenvalue weighted by molar-refractivity contribution is 9.10. The summed E-state index contributed by atoms with van der Waals surface area (Å²) in [6.07, 6.45) is 0.926. The molecule has 4 heteroatoms. The average molecular weight is 336 g/mol. The highest BCUT2D eigenvalue weighted by Gasteiger charge is 2.17. The average Bonchev–Trinajstić information content (AvgIpc) is 2.71. The molecule has 0 spiro atoms. The van der Waals surface area contributed by atoms with Crippen LogP contribution in [0.4, 0.5) is 0 Å². The van der Waals surface area contributed by atoms with Crippen molar-refractivity contribution in [2.45, 2.75) is 39.8 Å². The second-order valence-electron chi connectivity index (χ2n) is 5.12. The summed E-state index contributed by atoms with van der Waals surface area (Å²) < 4.78 is 3.21. The topological polar surface area (TPSA) is 29.9 Å². The maximum atomic E-state index is 4.57. The lowest BCUT2D eigenvalue weighted by molar-refractivity contribution is 0.540. The first-order valence-corrected chi connectivity index (χ1v) is 7.81. The largest absolute Gasteiger partial charge is 0.313 e. The fraction of sp³-hybridized carbons (Fsp3) is 0.438. The van der Waals surface area contributed by atoms with Crippen molar-refractivity contribution in [2.24, 2.45) is 0 Å². The monoisotopic (exact) mass is 335 g/mol. The third-order valence-corrected chi connectivity index (χ3v) is 4.67. The molecule has 2 aromatic rings. The Kier molecular flexibility index (Phi) is 5.00. The smallest absolute Gasteiger partial charge is 0.0738 e. The molecule has 0 aliphatic rings. The van der Waals surface area contributed by atoms with E-state index in [0.29, 0.717) is 6.04 Å². The standard InChI is InChI=1S/C16H22BrN3/c1-5-20-15(16(17)12(3)19-20)10-14(18-4)13-8-6-7-11(2)9-13/h6-9,14,18H,5,10H2,1-4H3. The molecule has 2 rings (SSSR count). The number of hydrogen-bond donors (Lipinski definition) is 1. The van der Waals surface area contributed by atoms with Gasteiger partial charge in [-0.2, -0.15) is 5.10 Å². The van der Waals surface area contributed by atoms with E-state index in [4.69, 9.17) is 0 Å². The number of benzene rings is 1. The van der Waals surface area contributed by atoms with Crippen LogP contribution in [0.5, 0.6) is 0 Å². The molecular formula is C16H22BrN3. The number of likely N-dealkylation sites (N-methyl/N-ethyl adjacent to an activating group) is 1. The lowest BCUT2D eigenvalue weighted by atomic mass is 10.00. The molecule has 108 valence electrons. The van der Waals surface area contributed by atoms with Crippen molar-refractivity contribution in [3.8, 4) is 0 Å². The molecule has 0 aliphatic heterocycles. The molecule has 0 fully saturated rings. The molecule has 1 aromatic carbocycles. The molecule has 1 aromatic heterocycles. The van der Waals surface area contributed by atoms with E-state index in [2.05, 4.69) is 69.1 Å². The number of aromatic nitrogens is 2. The molecule has 20 heavy (non-hydrogen) atoms. The summed E-state index contributed by atoms with van der Waals surface area (Å²) in [6.45, 7) is 7.20.